The van der Waals surface area contributed by atoms with E-state index in [1.54, 1.807) is 12.4 Å². The SMILES string of the molecule is OCCOc1ccccc1-n1nccn1. The Kier molecular flexibility index (Phi) is 2.94. The van der Waals surface area contributed by atoms with Crippen LogP contribution in [0.3, 0.4) is 0 Å². The lowest BCUT2D eigenvalue weighted by Crippen LogP contribution is -2.06. The molecule has 0 fully saturated rings. The van der Waals surface area contributed by atoms with Crippen molar-refractivity contribution >= 4 is 0 Å². The van der Waals surface area contributed by atoms with Gasteiger partial charge in [0, 0.05) is 0 Å². The summed E-state index contributed by atoms with van der Waals surface area (Å²) in [5, 5.41) is 16.7. The highest BCUT2D eigenvalue weighted by atomic mass is 16.5. The molecule has 0 radical (unpaired) electrons. The molecule has 1 aromatic heterocycles. The van der Waals surface area contributed by atoms with Crippen molar-refractivity contribution in [3.8, 4) is 11.4 Å². The van der Waals surface area contributed by atoms with Gasteiger partial charge in [0.05, 0.1) is 19.0 Å². The average Bonchev–Trinajstić information content (AvgIpc) is 2.80. The maximum absolute atomic E-state index is 8.69. The van der Waals surface area contributed by atoms with E-state index < -0.39 is 0 Å². The highest BCUT2D eigenvalue weighted by Gasteiger charge is 2.05. The normalized spacial score (nSPS) is 10.2. The highest BCUT2D eigenvalue weighted by molar-refractivity contribution is 5.44. The zero-order valence-corrected chi connectivity index (χ0v) is 8.08. The molecule has 1 aromatic carbocycles. The van der Waals surface area contributed by atoms with Gasteiger partial charge in [-0.25, -0.2) is 0 Å². The Bertz CT molecular complexity index is 414. The van der Waals surface area contributed by atoms with Gasteiger partial charge in [0.2, 0.25) is 0 Å². The van der Waals surface area contributed by atoms with Gasteiger partial charge in [-0.3, -0.25) is 0 Å². The number of aromatic nitrogens is 3. The number of hydrogen-bond donors (Lipinski definition) is 1. The van der Waals surface area contributed by atoms with Crippen LogP contribution in [0.25, 0.3) is 5.69 Å². The minimum absolute atomic E-state index is 0.0130. The van der Waals surface area contributed by atoms with Gasteiger partial charge in [0.15, 0.2) is 0 Å². The van der Waals surface area contributed by atoms with Crippen molar-refractivity contribution in [1.29, 1.82) is 0 Å². The second kappa shape index (κ2) is 4.56. The molecule has 1 N–H and O–H groups in total. The van der Waals surface area contributed by atoms with E-state index >= 15 is 0 Å². The summed E-state index contributed by atoms with van der Waals surface area (Å²) in [5.41, 5.74) is 0.760. The lowest BCUT2D eigenvalue weighted by atomic mass is 10.3. The number of benzene rings is 1. The van der Waals surface area contributed by atoms with Crippen molar-refractivity contribution in [1.82, 2.24) is 15.0 Å². The number of aliphatic hydroxyl groups excluding tert-OH is 1. The molecule has 5 heteroatoms. The number of para-hydroxylation sites is 2. The second-order valence-electron chi connectivity index (χ2n) is 2.86. The van der Waals surface area contributed by atoms with Crippen molar-refractivity contribution in [3.63, 3.8) is 0 Å². The third-order valence-electron chi connectivity index (χ3n) is 1.85. The van der Waals surface area contributed by atoms with E-state index in [2.05, 4.69) is 10.2 Å². The number of nitrogens with zero attached hydrogens (tertiary/aromatic N) is 3. The van der Waals surface area contributed by atoms with Crippen molar-refractivity contribution in [2.75, 3.05) is 13.2 Å². The van der Waals surface area contributed by atoms with Crippen molar-refractivity contribution in [2.45, 2.75) is 0 Å². The summed E-state index contributed by atoms with van der Waals surface area (Å²) in [6.07, 6.45) is 3.20. The molecule has 0 atom stereocenters. The molecule has 2 rings (SSSR count). The van der Waals surface area contributed by atoms with Gasteiger partial charge in [-0.15, -0.1) is 4.80 Å². The van der Waals surface area contributed by atoms with Gasteiger partial charge in [-0.2, -0.15) is 10.2 Å². The highest BCUT2D eigenvalue weighted by Crippen LogP contribution is 2.20. The van der Waals surface area contributed by atoms with Crippen LogP contribution in [-0.2, 0) is 0 Å². The molecule has 15 heavy (non-hydrogen) atoms. The minimum Gasteiger partial charge on any atom is -0.489 e. The predicted molar refractivity (Wildman–Crippen MR) is 53.9 cm³/mol. The number of rotatable bonds is 4. The Morgan fingerprint density at radius 3 is 2.67 bits per heavy atom. The van der Waals surface area contributed by atoms with Crippen LogP contribution in [0.4, 0.5) is 0 Å². The van der Waals surface area contributed by atoms with Gasteiger partial charge < -0.3 is 9.84 Å². The molecule has 0 bridgehead atoms. The predicted octanol–water partition coefficient (Wildman–Crippen LogP) is 0.638. The lowest BCUT2D eigenvalue weighted by molar-refractivity contribution is 0.201. The van der Waals surface area contributed by atoms with Gasteiger partial charge >= 0.3 is 0 Å². The van der Waals surface area contributed by atoms with Crippen molar-refractivity contribution < 1.29 is 9.84 Å². The van der Waals surface area contributed by atoms with Crippen molar-refractivity contribution in [2.24, 2.45) is 0 Å². The van der Waals surface area contributed by atoms with Crippen LogP contribution in [0.15, 0.2) is 36.7 Å². The first-order valence-electron chi connectivity index (χ1n) is 4.61. The molecule has 0 aliphatic heterocycles. The molecule has 0 spiro atoms. The largest absolute Gasteiger partial charge is 0.489 e. The molecule has 0 saturated carbocycles. The van der Waals surface area contributed by atoms with E-state index in [0.717, 1.165) is 5.69 Å². The molecule has 1 heterocycles. The molecule has 0 saturated heterocycles. The van der Waals surface area contributed by atoms with E-state index in [9.17, 15) is 0 Å². The zero-order valence-electron chi connectivity index (χ0n) is 8.08. The van der Waals surface area contributed by atoms with Crippen LogP contribution in [0.2, 0.25) is 0 Å². The quantitative estimate of drug-likeness (QED) is 0.795. The van der Waals surface area contributed by atoms with Crippen LogP contribution in [0, 0.1) is 0 Å². The number of ether oxygens (including phenoxy) is 1. The molecule has 0 amide bonds. The summed E-state index contributed by atoms with van der Waals surface area (Å²) in [7, 11) is 0. The van der Waals surface area contributed by atoms with Crippen LogP contribution in [0.5, 0.6) is 5.75 Å². The molecule has 0 unspecified atom stereocenters. The summed E-state index contributed by atoms with van der Waals surface area (Å²) < 4.78 is 5.36. The van der Waals surface area contributed by atoms with Gasteiger partial charge in [0.25, 0.3) is 0 Å². The van der Waals surface area contributed by atoms with Gasteiger partial charge in [0.1, 0.15) is 18.0 Å². The third kappa shape index (κ3) is 2.13. The number of aliphatic hydroxyl groups is 1. The van der Waals surface area contributed by atoms with Crippen LogP contribution >= 0.6 is 0 Å². The first-order valence-corrected chi connectivity index (χ1v) is 4.61. The van der Waals surface area contributed by atoms with E-state index in [0.29, 0.717) is 5.75 Å². The van der Waals surface area contributed by atoms with E-state index in [4.69, 9.17) is 9.84 Å². The maximum atomic E-state index is 8.69. The fraction of sp³-hybridized carbons (Fsp3) is 0.200. The minimum atomic E-state index is -0.0130. The van der Waals surface area contributed by atoms with Crippen LogP contribution < -0.4 is 4.74 Å². The summed E-state index contributed by atoms with van der Waals surface area (Å²) in [5.74, 6) is 0.655. The standard InChI is InChI=1S/C10H11N3O2/c14-7-8-15-10-4-2-1-3-9(10)13-11-5-6-12-13/h1-6,14H,7-8H2. The first kappa shape index (κ1) is 9.67. The van der Waals surface area contributed by atoms with E-state index in [-0.39, 0.29) is 13.2 Å². The monoisotopic (exact) mass is 205 g/mol. The smallest absolute Gasteiger partial charge is 0.146 e. The topological polar surface area (TPSA) is 60.2 Å². The Balaban J connectivity index is 2.30. The molecular formula is C10H11N3O2. The van der Waals surface area contributed by atoms with Gasteiger partial charge in [-0.05, 0) is 12.1 Å². The van der Waals surface area contributed by atoms with Gasteiger partial charge in [-0.1, -0.05) is 12.1 Å². The summed E-state index contributed by atoms with van der Waals surface area (Å²) >= 11 is 0. The van der Waals surface area contributed by atoms with Crippen LogP contribution in [0.1, 0.15) is 0 Å². The molecule has 0 aliphatic carbocycles. The summed E-state index contributed by atoms with van der Waals surface area (Å²) in [6.45, 7) is 0.249. The summed E-state index contributed by atoms with van der Waals surface area (Å²) in [4.78, 5) is 1.48. The Morgan fingerprint density at radius 2 is 1.93 bits per heavy atom. The first-order chi connectivity index (χ1) is 7.42. The second-order valence-corrected chi connectivity index (χ2v) is 2.86. The Hall–Kier alpha value is -1.88. The number of hydrogen-bond acceptors (Lipinski definition) is 4. The molecular weight excluding hydrogens is 194 g/mol. The molecule has 78 valence electrons. The zero-order chi connectivity index (χ0) is 10.5. The van der Waals surface area contributed by atoms with E-state index in [1.165, 1.54) is 4.80 Å². The Labute approximate surface area is 86.9 Å². The van der Waals surface area contributed by atoms with Crippen LogP contribution in [-0.4, -0.2) is 33.3 Å². The fourth-order valence-electron chi connectivity index (χ4n) is 1.24. The Morgan fingerprint density at radius 1 is 1.20 bits per heavy atom. The van der Waals surface area contributed by atoms with Crippen molar-refractivity contribution in [3.05, 3.63) is 36.7 Å². The fourth-order valence-corrected chi connectivity index (χ4v) is 1.24. The molecule has 0 aliphatic rings. The third-order valence-corrected chi connectivity index (χ3v) is 1.85. The lowest BCUT2D eigenvalue weighted by Gasteiger charge is -2.08. The maximum Gasteiger partial charge on any atom is 0.146 e. The van der Waals surface area contributed by atoms with E-state index in [1.807, 2.05) is 24.3 Å². The molecule has 5 nitrogen and oxygen atoms in total. The molecule has 2 aromatic rings. The average molecular weight is 205 g/mol. The summed E-state index contributed by atoms with van der Waals surface area (Å²) in [6, 6.07) is 7.41.